The molecule has 7 heteroatoms. The minimum atomic E-state index is -0.138. The van der Waals surface area contributed by atoms with Crippen LogP contribution in [0.5, 0.6) is 0 Å². The van der Waals surface area contributed by atoms with E-state index in [1.165, 1.54) is 0 Å². The fourth-order valence-corrected chi connectivity index (χ4v) is 1.60. The van der Waals surface area contributed by atoms with Gasteiger partial charge in [-0.15, -0.1) is 0 Å². The standard InChI is InChI=1S/C17H34N2O5/c1-13(2)17(21)19-10-15(5)11-23-9-8-22-7-6-18-16(20)12-24-14(3)4/h13-15H,6-12H2,1-5H3,(H,18,20)(H,19,21). The largest absolute Gasteiger partial charge is 0.379 e. The third-order valence-corrected chi connectivity index (χ3v) is 3.04. The van der Waals surface area contributed by atoms with Crippen molar-refractivity contribution in [2.24, 2.45) is 11.8 Å². The van der Waals surface area contributed by atoms with E-state index >= 15 is 0 Å². The van der Waals surface area contributed by atoms with Gasteiger partial charge in [0.15, 0.2) is 0 Å². The zero-order valence-corrected chi connectivity index (χ0v) is 15.7. The van der Waals surface area contributed by atoms with Gasteiger partial charge in [-0.3, -0.25) is 9.59 Å². The minimum Gasteiger partial charge on any atom is -0.379 e. The Morgan fingerprint density at radius 3 is 2.21 bits per heavy atom. The number of ether oxygens (including phenoxy) is 3. The molecule has 0 aliphatic heterocycles. The SMILES string of the molecule is CC(CNC(=O)C(C)C)COCCOCCNC(=O)COC(C)C. The van der Waals surface area contributed by atoms with Crippen LogP contribution in [0.1, 0.15) is 34.6 Å². The number of carbonyl (C=O) groups excluding carboxylic acids is 2. The van der Waals surface area contributed by atoms with Gasteiger partial charge in [0.2, 0.25) is 11.8 Å². The van der Waals surface area contributed by atoms with Crippen molar-refractivity contribution in [3.05, 3.63) is 0 Å². The lowest BCUT2D eigenvalue weighted by atomic mass is 10.1. The van der Waals surface area contributed by atoms with E-state index in [0.717, 1.165) is 0 Å². The summed E-state index contributed by atoms with van der Waals surface area (Å²) in [7, 11) is 0. The van der Waals surface area contributed by atoms with E-state index in [1.54, 1.807) is 0 Å². The fraction of sp³-hybridized carbons (Fsp3) is 0.882. The summed E-state index contributed by atoms with van der Waals surface area (Å²) in [6.07, 6.45) is 0.0465. The Hall–Kier alpha value is -1.18. The lowest BCUT2D eigenvalue weighted by Crippen LogP contribution is -2.33. The zero-order chi connectivity index (χ0) is 18.4. The first-order valence-electron chi connectivity index (χ1n) is 8.64. The van der Waals surface area contributed by atoms with Gasteiger partial charge in [-0.05, 0) is 19.8 Å². The fourth-order valence-electron chi connectivity index (χ4n) is 1.60. The highest BCUT2D eigenvalue weighted by molar-refractivity contribution is 5.77. The van der Waals surface area contributed by atoms with Crippen LogP contribution in [0, 0.1) is 11.8 Å². The molecule has 0 fully saturated rings. The van der Waals surface area contributed by atoms with Crippen LogP contribution < -0.4 is 10.6 Å². The molecular formula is C17H34N2O5. The molecule has 0 aromatic carbocycles. The van der Waals surface area contributed by atoms with E-state index in [4.69, 9.17) is 14.2 Å². The van der Waals surface area contributed by atoms with Crippen molar-refractivity contribution in [1.29, 1.82) is 0 Å². The van der Waals surface area contributed by atoms with Gasteiger partial charge < -0.3 is 24.8 Å². The van der Waals surface area contributed by atoms with E-state index in [1.807, 2.05) is 34.6 Å². The van der Waals surface area contributed by atoms with Crippen LogP contribution in [0.25, 0.3) is 0 Å². The van der Waals surface area contributed by atoms with Crippen molar-refractivity contribution in [1.82, 2.24) is 10.6 Å². The van der Waals surface area contributed by atoms with Crippen molar-refractivity contribution in [3.8, 4) is 0 Å². The molecule has 0 bridgehead atoms. The first-order chi connectivity index (χ1) is 11.3. The maximum atomic E-state index is 11.4. The van der Waals surface area contributed by atoms with Crippen molar-refractivity contribution in [3.63, 3.8) is 0 Å². The normalized spacial score (nSPS) is 12.5. The van der Waals surface area contributed by atoms with Crippen LogP contribution in [0.4, 0.5) is 0 Å². The first kappa shape index (κ1) is 22.8. The predicted molar refractivity (Wildman–Crippen MR) is 92.7 cm³/mol. The summed E-state index contributed by atoms with van der Waals surface area (Å²) in [5.74, 6) is 0.184. The Labute approximate surface area is 145 Å². The Bertz CT molecular complexity index is 348. The second-order valence-electron chi connectivity index (χ2n) is 6.40. The van der Waals surface area contributed by atoms with Gasteiger partial charge in [-0.25, -0.2) is 0 Å². The van der Waals surface area contributed by atoms with Crippen LogP contribution in [-0.2, 0) is 23.8 Å². The summed E-state index contributed by atoms with van der Waals surface area (Å²) in [6.45, 7) is 12.7. The number of carbonyl (C=O) groups is 2. The molecule has 0 aromatic heterocycles. The van der Waals surface area contributed by atoms with Gasteiger partial charge in [-0.1, -0.05) is 20.8 Å². The van der Waals surface area contributed by atoms with Gasteiger partial charge in [0.1, 0.15) is 6.61 Å². The Kier molecular flexibility index (Phi) is 13.5. The summed E-state index contributed by atoms with van der Waals surface area (Å²) >= 11 is 0. The van der Waals surface area contributed by atoms with Crippen molar-refractivity contribution in [2.45, 2.75) is 40.7 Å². The van der Waals surface area contributed by atoms with Gasteiger partial charge in [0, 0.05) is 19.0 Å². The van der Waals surface area contributed by atoms with Gasteiger partial charge >= 0.3 is 0 Å². The smallest absolute Gasteiger partial charge is 0.246 e. The second-order valence-corrected chi connectivity index (χ2v) is 6.40. The lowest BCUT2D eigenvalue weighted by Gasteiger charge is -2.14. The number of rotatable bonds is 14. The van der Waals surface area contributed by atoms with Crippen LogP contribution >= 0.6 is 0 Å². The van der Waals surface area contributed by atoms with Gasteiger partial charge in [-0.2, -0.15) is 0 Å². The van der Waals surface area contributed by atoms with Crippen LogP contribution in [0.15, 0.2) is 0 Å². The quantitative estimate of drug-likeness (QED) is 0.458. The maximum absolute atomic E-state index is 11.4. The topological polar surface area (TPSA) is 85.9 Å². The Balaban J connectivity index is 3.38. The van der Waals surface area contributed by atoms with Crippen LogP contribution in [-0.4, -0.2) is 64.0 Å². The molecule has 24 heavy (non-hydrogen) atoms. The molecular weight excluding hydrogens is 312 g/mol. The highest BCUT2D eigenvalue weighted by Gasteiger charge is 2.08. The minimum absolute atomic E-state index is 0.00365. The molecule has 2 amide bonds. The molecule has 0 rings (SSSR count). The molecule has 2 N–H and O–H groups in total. The van der Waals surface area contributed by atoms with Gasteiger partial charge in [0.25, 0.3) is 0 Å². The zero-order valence-electron chi connectivity index (χ0n) is 15.7. The maximum Gasteiger partial charge on any atom is 0.246 e. The molecule has 0 radical (unpaired) electrons. The third kappa shape index (κ3) is 14.4. The molecule has 0 aromatic rings. The Morgan fingerprint density at radius 1 is 0.917 bits per heavy atom. The van der Waals surface area contributed by atoms with E-state index in [-0.39, 0.29) is 36.4 Å². The van der Waals surface area contributed by atoms with Crippen LogP contribution in [0.3, 0.4) is 0 Å². The molecule has 1 unspecified atom stereocenters. The predicted octanol–water partition coefficient (Wildman–Crippen LogP) is 0.969. The molecule has 0 saturated heterocycles. The monoisotopic (exact) mass is 346 g/mol. The summed E-state index contributed by atoms with van der Waals surface area (Å²) in [5.41, 5.74) is 0. The van der Waals surface area contributed by atoms with Crippen molar-refractivity contribution < 1.29 is 23.8 Å². The van der Waals surface area contributed by atoms with E-state index in [0.29, 0.717) is 39.5 Å². The summed E-state index contributed by atoms with van der Waals surface area (Å²) in [6, 6.07) is 0. The molecule has 0 aliphatic rings. The number of nitrogens with one attached hydrogen (secondary N) is 2. The van der Waals surface area contributed by atoms with Gasteiger partial charge in [0.05, 0.1) is 32.5 Å². The number of hydrogen-bond acceptors (Lipinski definition) is 5. The van der Waals surface area contributed by atoms with E-state index in [9.17, 15) is 9.59 Å². The van der Waals surface area contributed by atoms with E-state index in [2.05, 4.69) is 10.6 Å². The van der Waals surface area contributed by atoms with Crippen LogP contribution in [0.2, 0.25) is 0 Å². The van der Waals surface area contributed by atoms with E-state index < -0.39 is 0 Å². The molecule has 0 heterocycles. The molecule has 142 valence electrons. The molecule has 0 saturated carbocycles. The Morgan fingerprint density at radius 2 is 1.58 bits per heavy atom. The highest BCUT2D eigenvalue weighted by atomic mass is 16.5. The second kappa shape index (κ2) is 14.2. The van der Waals surface area contributed by atoms with Crippen molar-refractivity contribution in [2.75, 3.05) is 46.1 Å². The third-order valence-electron chi connectivity index (χ3n) is 3.04. The first-order valence-corrected chi connectivity index (χ1v) is 8.64. The summed E-state index contributed by atoms with van der Waals surface area (Å²) in [5, 5.41) is 5.59. The molecule has 0 aliphatic carbocycles. The lowest BCUT2D eigenvalue weighted by molar-refractivity contribution is -0.127. The summed E-state index contributed by atoms with van der Waals surface area (Å²) < 4.78 is 16.1. The van der Waals surface area contributed by atoms with Crippen molar-refractivity contribution >= 4 is 11.8 Å². The number of amides is 2. The molecule has 0 spiro atoms. The highest BCUT2D eigenvalue weighted by Crippen LogP contribution is 1.96. The average Bonchev–Trinajstić information content (AvgIpc) is 2.52. The summed E-state index contributed by atoms with van der Waals surface area (Å²) in [4.78, 5) is 22.8. The number of hydrogen-bond donors (Lipinski definition) is 2. The molecule has 1 atom stereocenters. The average molecular weight is 346 g/mol. The molecule has 7 nitrogen and oxygen atoms in total.